The van der Waals surface area contributed by atoms with E-state index in [1.165, 1.54) is 0 Å². The van der Waals surface area contributed by atoms with Gasteiger partial charge in [0.15, 0.2) is 0 Å². The van der Waals surface area contributed by atoms with Crippen LogP contribution in [0.2, 0.25) is 0 Å². The lowest BCUT2D eigenvalue weighted by atomic mass is 10.2. The van der Waals surface area contributed by atoms with E-state index in [4.69, 9.17) is 4.74 Å². The molecule has 0 spiro atoms. The summed E-state index contributed by atoms with van der Waals surface area (Å²) in [5.41, 5.74) is 0.659. The van der Waals surface area contributed by atoms with Crippen LogP contribution in [0.5, 0.6) is 5.75 Å². The summed E-state index contributed by atoms with van der Waals surface area (Å²) in [5, 5.41) is 0. The first-order chi connectivity index (χ1) is 8.30. The fourth-order valence-corrected chi connectivity index (χ4v) is 1.70. The van der Waals surface area contributed by atoms with E-state index in [-0.39, 0.29) is 0 Å². The van der Waals surface area contributed by atoms with Crippen LogP contribution in [0.3, 0.4) is 0 Å². The predicted molar refractivity (Wildman–Crippen MR) is 69.7 cm³/mol. The molecular weight excluding hydrogens is 214 g/mol. The topological polar surface area (TPSA) is 29.5 Å². The van der Waals surface area contributed by atoms with Crippen molar-refractivity contribution in [1.29, 1.82) is 0 Å². The number of hydrogen-bond donors (Lipinski definition) is 0. The molecule has 0 atom stereocenters. The third kappa shape index (κ3) is 5.00. The van der Waals surface area contributed by atoms with Gasteiger partial charge in [0.25, 0.3) is 0 Å². The standard InChI is InChI=1S/C14H21NO2/c1-3-15(4-2)9-6-10-17-14-8-5-7-13(11-14)12-16/h5,7-8,11-12H,3-4,6,9-10H2,1-2H3. The summed E-state index contributed by atoms with van der Waals surface area (Å²) in [6.07, 6.45) is 1.84. The SMILES string of the molecule is CCN(CC)CCCOc1cccc(C=O)c1. The lowest BCUT2D eigenvalue weighted by Crippen LogP contribution is -2.25. The second kappa shape index (κ2) is 7.85. The van der Waals surface area contributed by atoms with Crippen molar-refractivity contribution >= 4 is 6.29 Å². The van der Waals surface area contributed by atoms with Crippen LogP contribution in [-0.2, 0) is 0 Å². The molecule has 0 bridgehead atoms. The van der Waals surface area contributed by atoms with E-state index >= 15 is 0 Å². The first kappa shape index (κ1) is 13.7. The third-order valence-corrected chi connectivity index (χ3v) is 2.78. The number of benzene rings is 1. The maximum Gasteiger partial charge on any atom is 0.150 e. The molecule has 3 nitrogen and oxygen atoms in total. The molecule has 0 aliphatic heterocycles. The van der Waals surface area contributed by atoms with Crippen molar-refractivity contribution in [2.45, 2.75) is 20.3 Å². The minimum Gasteiger partial charge on any atom is -0.494 e. The van der Waals surface area contributed by atoms with Gasteiger partial charge in [-0.1, -0.05) is 26.0 Å². The van der Waals surface area contributed by atoms with Gasteiger partial charge in [-0.2, -0.15) is 0 Å². The van der Waals surface area contributed by atoms with E-state index in [0.717, 1.165) is 38.1 Å². The van der Waals surface area contributed by atoms with Crippen LogP contribution >= 0.6 is 0 Å². The van der Waals surface area contributed by atoms with E-state index in [0.29, 0.717) is 12.2 Å². The van der Waals surface area contributed by atoms with E-state index in [1.807, 2.05) is 12.1 Å². The molecule has 3 heteroatoms. The Morgan fingerprint density at radius 1 is 1.29 bits per heavy atom. The van der Waals surface area contributed by atoms with Crippen LogP contribution in [-0.4, -0.2) is 37.4 Å². The van der Waals surface area contributed by atoms with Crippen molar-refractivity contribution in [2.24, 2.45) is 0 Å². The van der Waals surface area contributed by atoms with Crippen molar-refractivity contribution in [2.75, 3.05) is 26.2 Å². The highest BCUT2D eigenvalue weighted by Crippen LogP contribution is 2.12. The van der Waals surface area contributed by atoms with Crippen molar-refractivity contribution in [1.82, 2.24) is 4.90 Å². The quantitative estimate of drug-likeness (QED) is 0.512. The van der Waals surface area contributed by atoms with E-state index in [9.17, 15) is 4.79 Å². The van der Waals surface area contributed by atoms with E-state index in [1.54, 1.807) is 12.1 Å². The fourth-order valence-electron chi connectivity index (χ4n) is 1.70. The highest BCUT2D eigenvalue weighted by molar-refractivity contribution is 5.75. The van der Waals surface area contributed by atoms with E-state index in [2.05, 4.69) is 18.7 Å². The maximum atomic E-state index is 10.6. The van der Waals surface area contributed by atoms with Crippen LogP contribution in [0, 0.1) is 0 Å². The largest absolute Gasteiger partial charge is 0.494 e. The van der Waals surface area contributed by atoms with Crippen LogP contribution in [0.25, 0.3) is 0 Å². The number of carbonyl (C=O) groups is 1. The lowest BCUT2D eigenvalue weighted by Gasteiger charge is -2.17. The fraction of sp³-hybridized carbons (Fsp3) is 0.500. The Bertz CT molecular complexity index is 335. The Kier molecular flexibility index (Phi) is 6.33. The molecule has 0 unspecified atom stereocenters. The zero-order valence-corrected chi connectivity index (χ0v) is 10.7. The molecule has 0 aliphatic rings. The number of ether oxygens (including phenoxy) is 1. The molecule has 1 aromatic carbocycles. The molecule has 1 rings (SSSR count). The molecule has 0 saturated carbocycles. The van der Waals surface area contributed by atoms with Gasteiger partial charge in [0.05, 0.1) is 6.61 Å². The Morgan fingerprint density at radius 2 is 2.06 bits per heavy atom. The molecule has 0 heterocycles. The Labute approximate surface area is 103 Å². The first-order valence-electron chi connectivity index (χ1n) is 6.20. The van der Waals surface area contributed by atoms with Crippen LogP contribution in [0.15, 0.2) is 24.3 Å². The summed E-state index contributed by atoms with van der Waals surface area (Å²) < 4.78 is 5.60. The Morgan fingerprint density at radius 3 is 2.71 bits per heavy atom. The van der Waals surface area contributed by atoms with Gasteiger partial charge in [-0.25, -0.2) is 0 Å². The average Bonchev–Trinajstić information content (AvgIpc) is 2.39. The van der Waals surface area contributed by atoms with Gasteiger partial charge >= 0.3 is 0 Å². The molecule has 0 amide bonds. The predicted octanol–water partition coefficient (Wildman–Crippen LogP) is 2.61. The second-order valence-corrected chi connectivity index (χ2v) is 3.92. The average molecular weight is 235 g/mol. The van der Waals surface area contributed by atoms with Crippen molar-refractivity contribution in [3.05, 3.63) is 29.8 Å². The number of rotatable bonds is 8. The Balaban J connectivity index is 2.28. The molecule has 1 aromatic rings. The van der Waals surface area contributed by atoms with Gasteiger partial charge in [-0.15, -0.1) is 0 Å². The van der Waals surface area contributed by atoms with Gasteiger partial charge in [0.2, 0.25) is 0 Å². The second-order valence-electron chi connectivity index (χ2n) is 3.92. The van der Waals surface area contributed by atoms with Crippen LogP contribution < -0.4 is 4.74 Å². The van der Waals surface area contributed by atoms with Crippen LogP contribution in [0.4, 0.5) is 0 Å². The van der Waals surface area contributed by atoms with Gasteiger partial charge in [-0.05, 0) is 31.6 Å². The lowest BCUT2D eigenvalue weighted by molar-refractivity contribution is 0.112. The number of carbonyl (C=O) groups excluding carboxylic acids is 1. The van der Waals surface area contributed by atoms with Gasteiger partial charge in [-0.3, -0.25) is 4.79 Å². The Hall–Kier alpha value is -1.35. The number of nitrogens with zero attached hydrogens (tertiary/aromatic N) is 1. The molecule has 0 aromatic heterocycles. The number of hydrogen-bond acceptors (Lipinski definition) is 3. The smallest absolute Gasteiger partial charge is 0.150 e. The normalized spacial score (nSPS) is 10.5. The molecule has 0 radical (unpaired) electrons. The highest BCUT2D eigenvalue weighted by Gasteiger charge is 1.99. The summed E-state index contributed by atoms with van der Waals surface area (Å²) in [7, 11) is 0. The first-order valence-corrected chi connectivity index (χ1v) is 6.20. The highest BCUT2D eigenvalue weighted by atomic mass is 16.5. The summed E-state index contributed by atoms with van der Waals surface area (Å²) in [6.45, 7) is 8.24. The zero-order valence-electron chi connectivity index (χ0n) is 10.7. The van der Waals surface area contributed by atoms with Crippen molar-refractivity contribution < 1.29 is 9.53 Å². The molecule has 94 valence electrons. The molecule has 0 aliphatic carbocycles. The summed E-state index contributed by atoms with van der Waals surface area (Å²) in [5.74, 6) is 0.772. The summed E-state index contributed by atoms with van der Waals surface area (Å²) >= 11 is 0. The van der Waals surface area contributed by atoms with Crippen molar-refractivity contribution in [3.8, 4) is 5.75 Å². The zero-order chi connectivity index (χ0) is 12.5. The molecule has 17 heavy (non-hydrogen) atoms. The monoisotopic (exact) mass is 235 g/mol. The van der Waals surface area contributed by atoms with E-state index < -0.39 is 0 Å². The molecule has 0 saturated heterocycles. The van der Waals surface area contributed by atoms with Crippen LogP contribution in [0.1, 0.15) is 30.6 Å². The summed E-state index contributed by atoms with van der Waals surface area (Å²) in [4.78, 5) is 13.0. The third-order valence-electron chi connectivity index (χ3n) is 2.78. The summed E-state index contributed by atoms with van der Waals surface area (Å²) in [6, 6.07) is 7.26. The minimum absolute atomic E-state index is 0.659. The molecular formula is C14H21NO2. The van der Waals surface area contributed by atoms with Gasteiger partial charge < -0.3 is 9.64 Å². The molecule has 0 N–H and O–H groups in total. The van der Waals surface area contributed by atoms with Gasteiger partial charge in [0.1, 0.15) is 12.0 Å². The van der Waals surface area contributed by atoms with Crippen molar-refractivity contribution in [3.63, 3.8) is 0 Å². The minimum atomic E-state index is 0.659. The number of aldehydes is 1. The molecule has 0 fully saturated rings. The maximum absolute atomic E-state index is 10.6. The van der Waals surface area contributed by atoms with Gasteiger partial charge in [0, 0.05) is 12.1 Å².